The SMILES string of the molecule is FC(F)(F)COc1ccnc(Oc2ccc(CCNc3ncnc4scc(Cl)c34)cc2)n1. The molecule has 0 amide bonds. The van der Waals surface area contributed by atoms with Gasteiger partial charge in [-0.1, -0.05) is 23.7 Å². The summed E-state index contributed by atoms with van der Waals surface area (Å²) in [5.41, 5.74) is 1.04. The minimum absolute atomic E-state index is 0.112. The zero-order valence-electron chi connectivity index (χ0n) is 16.3. The molecule has 7 nitrogen and oxygen atoms in total. The van der Waals surface area contributed by atoms with E-state index in [1.165, 1.54) is 29.9 Å². The predicted octanol–water partition coefficient (Wildman–Crippen LogP) is 5.52. The second-order valence-electron chi connectivity index (χ2n) is 6.49. The molecule has 0 saturated carbocycles. The molecule has 0 bridgehead atoms. The first-order chi connectivity index (χ1) is 15.4. The summed E-state index contributed by atoms with van der Waals surface area (Å²) in [6.07, 6.45) is -0.982. The number of halogens is 4. The van der Waals surface area contributed by atoms with E-state index in [0.717, 1.165) is 15.8 Å². The maximum atomic E-state index is 12.3. The van der Waals surface area contributed by atoms with Gasteiger partial charge in [-0.3, -0.25) is 0 Å². The number of thiophene rings is 1. The van der Waals surface area contributed by atoms with E-state index in [2.05, 4.69) is 30.0 Å². The number of benzene rings is 1. The topological polar surface area (TPSA) is 82.0 Å². The number of hydrogen-bond acceptors (Lipinski definition) is 8. The first-order valence-corrected chi connectivity index (χ1v) is 10.5. The standard InChI is InChI=1S/C20H15ClF3N5O2S/c21-14-9-32-18-16(14)17(27-11-28-18)25-7-5-12-1-3-13(4-2-12)31-19-26-8-6-15(29-19)30-10-20(22,23)24/h1-4,6,8-9,11H,5,7,10H2,(H,25,27,28). The van der Waals surface area contributed by atoms with Crippen molar-refractivity contribution in [2.45, 2.75) is 12.6 Å². The highest BCUT2D eigenvalue weighted by molar-refractivity contribution is 7.17. The van der Waals surface area contributed by atoms with Gasteiger partial charge < -0.3 is 14.8 Å². The van der Waals surface area contributed by atoms with Crippen LogP contribution in [0, 0.1) is 0 Å². The quantitative estimate of drug-likeness (QED) is 0.354. The van der Waals surface area contributed by atoms with E-state index < -0.39 is 12.8 Å². The summed E-state index contributed by atoms with van der Waals surface area (Å²) >= 11 is 7.67. The Morgan fingerprint density at radius 2 is 1.88 bits per heavy atom. The molecule has 0 aliphatic carbocycles. The zero-order valence-corrected chi connectivity index (χ0v) is 17.8. The van der Waals surface area contributed by atoms with E-state index in [4.69, 9.17) is 16.3 Å². The lowest BCUT2D eigenvalue weighted by Crippen LogP contribution is -2.19. The summed E-state index contributed by atoms with van der Waals surface area (Å²) in [6, 6.07) is 8.30. The van der Waals surface area contributed by atoms with E-state index in [9.17, 15) is 13.2 Å². The van der Waals surface area contributed by atoms with E-state index in [1.807, 2.05) is 17.5 Å². The lowest BCUT2D eigenvalue weighted by Gasteiger charge is -2.10. The Balaban J connectivity index is 1.32. The van der Waals surface area contributed by atoms with Crippen molar-refractivity contribution in [3.8, 4) is 17.6 Å². The molecular formula is C20H15ClF3N5O2S. The number of alkyl halides is 3. The minimum Gasteiger partial charge on any atom is -0.468 e. The van der Waals surface area contributed by atoms with Crippen molar-refractivity contribution in [1.29, 1.82) is 0 Å². The van der Waals surface area contributed by atoms with Gasteiger partial charge in [-0.2, -0.15) is 18.2 Å². The van der Waals surface area contributed by atoms with Crippen LogP contribution in [-0.4, -0.2) is 39.3 Å². The molecule has 4 rings (SSSR count). The van der Waals surface area contributed by atoms with Crippen molar-refractivity contribution in [2.24, 2.45) is 0 Å². The first-order valence-electron chi connectivity index (χ1n) is 9.28. The van der Waals surface area contributed by atoms with E-state index in [0.29, 0.717) is 29.6 Å². The average Bonchev–Trinajstić information content (AvgIpc) is 3.15. The van der Waals surface area contributed by atoms with Crippen LogP contribution in [0.3, 0.4) is 0 Å². The van der Waals surface area contributed by atoms with Gasteiger partial charge in [0.05, 0.1) is 10.4 Å². The van der Waals surface area contributed by atoms with Crippen molar-refractivity contribution in [2.75, 3.05) is 18.5 Å². The second-order valence-corrected chi connectivity index (χ2v) is 7.76. The van der Waals surface area contributed by atoms with Crippen molar-refractivity contribution < 1.29 is 22.6 Å². The molecule has 0 aliphatic rings. The van der Waals surface area contributed by atoms with Crippen molar-refractivity contribution in [3.63, 3.8) is 0 Å². The number of nitrogens with one attached hydrogen (secondary N) is 1. The Kier molecular flexibility index (Phi) is 6.56. The van der Waals surface area contributed by atoms with Crippen LogP contribution >= 0.6 is 22.9 Å². The highest BCUT2D eigenvalue weighted by Crippen LogP contribution is 2.32. The number of rotatable bonds is 8. The number of fused-ring (bicyclic) bond motifs is 1. The number of nitrogens with zero attached hydrogens (tertiary/aromatic N) is 4. The summed E-state index contributed by atoms with van der Waals surface area (Å²) in [5.74, 6) is 0.905. The molecule has 4 aromatic rings. The Morgan fingerprint density at radius 1 is 1.06 bits per heavy atom. The molecule has 166 valence electrons. The third-order valence-electron chi connectivity index (χ3n) is 4.16. The van der Waals surface area contributed by atoms with Gasteiger partial charge >= 0.3 is 12.2 Å². The molecule has 0 atom stereocenters. The fraction of sp³-hybridized carbons (Fsp3) is 0.200. The number of anilines is 1. The number of hydrogen-bond donors (Lipinski definition) is 1. The minimum atomic E-state index is -4.45. The lowest BCUT2D eigenvalue weighted by molar-refractivity contribution is -0.154. The van der Waals surface area contributed by atoms with Crippen LogP contribution < -0.4 is 14.8 Å². The van der Waals surface area contributed by atoms with Crippen molar-refractivity contribution in [1.82, 2.24) is 19.9 Å². The Labute approximate surface area is 189 Å². The second kappa shape index (κ2) is 9.53. The van der Waals surface area contributed by atoms with Crippen molar-refractivity contribution in [3.05, 3.63) is 58.8 Å². The Morgan fingerprint density at radius 3 is 2.66 bits per heavy atom. The molecule has 0 aliphatic heterocycles. The van der Waals surface area contributed by atoms with Crippen LogP contribution in [0.4, 0.5) is 19.0 Å². The van der Waals surface area contributed by atoms with Gasteiger partial charge in [-0.15, -0.1) is 11.3 Å². The molecule has 0 fully saturated rings. The van der Waals surface area contributed by atoms with Crippen LogP contribution in [0.15, 0.2) is 48.2 Å². The normalized spacial score (nSPS) is 11.5. The van der Waals surface area contributed by atoms with Gasteiger partial charge in [-0.25, -0.2) is 15.0 Å². The Hall–Kier alpha value is -3.18. The van der Waals surface area contributed by atoms with E-state index in [-0.39, 0.29) is 11.9 Å². The highest BCUT2D eigenvalue weighted by Gasteiger charge is 2.28. The van der Waals surface area contributed by atoms with Crippen LogP contribution in [0.5, 0.6) is 17.6 Å². The largest absolute Gasteiger partial charge is 0.468 e. The third-order valence-corrected chi connectivity index (χ3v) is 5.47. The molecule has 0 saturated heterocycles. The summed E-state index contributed by atoms with van der Waals surface area (Å²) < 4.78 is 46.9. The highest BCUT2D eigenvalue weighted by atomic mass is 35.5. The first kappa shape index (κ1) is 22.0. The fourth-order valence-electron chi connectivity index (χ4n) is 2.74. The summed E-state index contributed by atoms with van der Waals surface area (Å²) in [7, 11) is 0. The van der Waals surface area contributed by atoms with E-state index in [1.54, 1.807) is 12.1 Å². The molecule has 0 radical (unpaired) electrons. The van der Waals surface area contributed by atoms with Gasteiger partial charge in [0.25, 0.3) is 0 Å². The van der Waals surface area contributed by atoms with Crippen LogP contribution in [-0.2, 0) is 6.42 Å². The molecule has 12 heteroatoms. The fourth-order valence-corrected chi connectivity index (χ4v) is 3.87. The smallest absolute Gasteiger partial charge is 0.422 e. The van der Waals surface area contributed by atoms with Gasteiger partial charge in [0, 0.05) is 24.2 Å². The zero-order chi connectivity index (χ0) is 22.6. The number of aromatic nitrogens is 4. The molecule has 3 heterocycles. The molecule has 3 aromatic heterocycles. The maximum Gasteiger partial charge on any atom is 0.422 e. The molecule has 0 unspecified atom stereocenters. The van der Waals surface area contributed by atoms with Gasteiger partial charge in [0.2, 0.25) is 5.88 Å². The van der Waals surface area contributed by atoms with Crippen molar-refractivity contribution >= 4 is 39.0 Å². The molecule has 32 heavy (non-hydrogen) atoms. The third kappa shape index (κ3) is 5.74. The van der Waals surface area contributed by atoms with Crippen LogP contribution in [0.2, 0.25) is 5.02 Å². The maximum absolute atomic E-state index is 12.3. The molecule has 0 spiro atoms. The monoisotopic (exact) mass is 481 g/mol. The van der Waals surface area contributed by atoms with Gasteiger partial charge in [-0.05, 0) is 24.1 Å². The van der Waals surface area contributed by atoms with Gasteiger partial charge in [0.1, 0.15) is 22.7 Å². The van der Waals surface area contributed by atoms with E-state index >= 15 is 0 Å². The van der Waals surface area contributed by atoms with Gasteiger partial charge in [0.15, 0.2) is 6.61 Å². The average molecular weight is 482 g/mol. The van der Waals surface area contributed by atoms with Crippen LogP contribution in [0.25, 0.3) is 10.2 Å². The number of ether oxygens (including phenoxy) is 2. The summed E-state index contributed by atoms with van der Waals surface area (Å²) in [4.78, 5) is 17.0. The Bertz CT molecular complexity index is 1200. The molecule has 1 N–H and O–H groups in total. The molecule has 1 aromatic carbocycles. The lowest BCUT2D eigenvalue weighted by atomic mass is 10.1. The summed E-state index contributed by atoms with van der Waals surface area (Å²) in [6.45, 7) is -0.814. The molecular weight excluding hydrogens is 467 g/mol. The van der Waals surface area contributed by atoms with Crippen LogP contribution in [0.1, 0.15) is 5.56 Å². The summed E-state index contributed by atoms with van der Waals surface area (Å²) in [5, 5.41) is 6.52. The predicted molar refractivity (Wildman–Crippen MR) is 115 cm³/mol.